The second-order valence-corrected chi connectivity index (χ2v) is 6.45. The van der Waals surface area contributed by atoms with Gasteiger partial charge in [0.15, 0.2) is 0 Å². The number of piperidine rings is 1. The minimum atomic E-state index is -0.00210. The lowest BCUT2D eigenvalue weighted by molar-refractivity contribution is 0.0911. The van der Waals surface area contributed by atoms with Crippen LogP contribution in [0.25, 0.3) is 0 Å². The molecule has 3 N–H and O–H groups in total. The van der Waals surface area contributed by atoms with E-state index in [1.54, 1.807) is 24.3 Å². The quantitative estimate of drug-likeness (QED) is 0.832. The lowest BCUT2D eigenvalue weighted by Gasteiger charge is -2.32. The van der Waals surface area contributed by atoms with Gasteiger partial charge < -0.3 is 16.0 Å². The molecule has 2 aromatic carbocycles. The second kappa shape index (κ2) is 7.97. The van der Waals surface area contributed by atoms with E-state index in [2.05, 4.69) is 40.5 Å². The van der Waals surface area contributed by atoms with Crippen molar-refractivity contribution < 1.29 is 4.79 Å². The average Bonchev–Trinajstić information content (AvgIpc) is 2.62. The van der Waals surface area contributed by atoms with E-state index in [1.807, 2.05) is 0 Å². The monoisotopic (exact) mass is 323 g/mol. The van der Waals surface area contributed by atoms with Crippen LogP contribution in [0.3, 0.4) is 0 Å². The molecule has 0 bridgehead atoms. The van der Waals surface area contributed by atoms with Crippen molar-refractivity contribution in [2.45, 2.75) is 25.3 Å². The van der Waals surface area contributed by atoms with Gasteiger partial charge in [-0.1, -0.05) is 30.3 Å². The SMILES string of the molecule is Nc1ccc(C(=O)NC2CCN(CCc3ccccc3)CC2)cc1. The van der Waals surface area contributed by atoms with Crippen LogP contribution in [0, 0.1) is 0 Å². The number of nitrogens with zero attached hydrogens (tertiary/aromatic N) is 1. The van der Waals surface area contributed by atoms with E-state index in [-0.39, 0.29) is 11.9 Å². The number of rotatable bonds is 5. The summed E-state index contributed by atoms with van der Waals surface area (Å²) < 4.78 is 0. The fourth-order valence-corrected chi connectivity index (χ4v) is 3.14. The van der Waals surface area contributed by atoms with Gasteiger partial charge in [-0.2, -0.15) is 0 Å². The van der Waals surface area contributed by atoms with Crippen molar-refractivity contribution in [3.63, 3.8) is 0 Å². The summed E-state index contributed by atoms with van der Waals surface area (Å²) in [5.74, 6) is -0.00210. The Labute approximate surface area is 143 Å². The maximum absolute atomic E-state index is 12.3. The van der Waals surface area contributed by atoms with Gasteiger partial charge in [0.1, 0.15) is 0 Å². The number of hydrogen-bond donors (Lipinski definition) is 2. The lowest BCUT2D eigenvalue weighted by atomic mass is 10.0. The van der Waals surface area contributed by atoms with E-state index in [0.717, 1.165) is 38.9 Å². The number of amides is 1. The Morgan fingerprint density at radius 2 is 1.71 bits per heavy atom. The number of likely N-dealkylation sites (tertiary alicyclic amines) is 1. The standard InChI is InChI=1S/C20H25N3O/c21-18-8-6-17(7-9-18)20(24)22-19-11-14-23(15-12-19)13-10-16-4-2-1-3-5-16/h1-9,19H,10-15,21H2,(H,22,24). The van der Waals surface area contributed by atoms with E-state index in [9.17, 15) is 4.79 Å². The van der Waals surface area contributed by atoms with E-state index >= 15 is 0 Å². The summed E-state index contributed by atoms with van der Waals surface area (Å²) in [4.78, 5) is 14.7. The van der Waals surface area contributed by atoms with Crippen LogP contribution in [0.1, 0.15) is 28.8 Å². The summed E-state index contributed by atoms with van der Waals surface area (Å²) in [6.07, 6.45) is 3.11. The van der Waals surface area contributed by atoms with Gasteiger partial charge >= 0.3 is 0 Å². The third-order valence-corrected chi connectivity index (χ3v) is 4.66. The lowest BCUT2D eigenvalue weighted by Crippen LogP contribution is -2.45. The van der Waals surface area contributed by atoms with Crippen molar-refractivity contribution in [1.82, 2.24) is 10.2 Å². The van der Waals surface area contributed by atoms with E-state index in [0.29, 0.717) is 11.3 Å². The average molecular weight is 323 g/mol. The molecule has 3 rings (SSSR count). The number of benzene rings is 2. The van der Waals surface area contributed by atoms with Crippen molar-refractivity contribution in [2.75, 3.05) is 25.4 Å². The van der Waals surface area contributed by atoms with Gasteiger partial charge in [-0.05, 0) is 49.1 Å². The van der Waals surface area contributed by atoms with Gasteiger partial charge in [-0.25, -0.2) is 0 Å². The van der Waals surface area contributed by atoms with Crippen LogP contribution in [0.2, 0.25) is 0 Å². The summed E-state index contributed by atoms with van der Waals surface area (Å²) in [6.45, 7) is 3.17. The van der Waals surface area contributed by atoms with Crippen molar-refractivity contribution in [2.24, 2.45) is 0 Å². The number of nitrogens with two attached hydrogens (primary N) is 1. The van der Waals surface area contributed by atoms with Gasteiger partial charge in [0.25, 0.3) is 5.91 Å². The Balaban J connectivity index is 1.42. The largest absolute Gasteiger partial charge is 0.399 e. The smallest absolute Gasteiger partial charge is 0.251 e. The summed E-state index contributed by atoms with van der Waals surface area (Å²) in [6, 6.07) is 17.9. The van der Waals surface area contributed by atoms with Crippen molar-refractivity contribution in [3.05, 3.63) is 65.7 Å². The Morgan fingerprint density at radius 3 is 2.38 bits per heavy atom. The predicted octanol–water partition coefficient (Wildman–Crippen LogP) is 2.71. The molecular formula is C20H25N3O. The molecule has 0 atom stereocenters. The Bertz CT molecular complexity index is 646. The molecule has 1 saturated heterocycles. The van der Waals surface area contributed by atoms with Gasteiger partial charge in [-0.3, -0.25) is 4.79 Å². The minimum Gasteiger partial charge on any atom is -0.399 e. The molecule has 4 heteroatoms. The molecule has 0 aliphatic carbocycles. The fourth-order valence-electron chi connectivity index (χ4n) is 3.14. The molecule has 0 saturated carbocycles. The number of anilines is 1. The molecule has 0 spiro atoms. The molecule has 1 heterocycles. The van der Waals surface area contributed by atoms with Gasteiger partial charge in [0.2, 0.25) is 0 Å². The first-order chi connectivity index (χ1) is 11.7. The van der Waals surface area contributed by atoms with Crippen molar-refractivity contribution in [1.29, 1.82) is 0 Å². The van der Waals surface area contributed by atoms with Gasteiger partial charge in [0, 0.05) is 36.9 Å². The molecule has 1 amide bonds. The van der Waals surface area contributed by atoms with Gasteiger partial charge in [-0.15, -0.1) is 0 Å². The van der Waals surface area contributed by atoms with Crippen LogP contribution < -0.4 is 11.1 Å². The Hall–Kier alpha value is -2.33. The Morgan fingerprint density at radius 1 is 1.04 bits per heavy atom. The molecule has 0 aromatic heterocycles. The highest BCUT2D eigenvalue weighted by atomic mass is 16.1. The molecule has 2 aromatic rings. The van der Waals surface area contributed by atoms with Crippen LogP contribution in [0.4, 0.5) is 5.69 Å². The molecule has 1 fully saturated rings. The predicted molar refractivity (Wildman–Crippen MR) is 97.9 cm³/mol. The first-order valence-electron chi connectivity index (χ1n) is 8.63. The summed E-state index contributed by atoms with van der Waals surface area (Å²) in [5.41, 5.74) is 8.40. The summed E-state index contributed by atoms with van der Waals surface area (Å²) in [5, 5.41) is 3.14. The van der Waals surface area contributed by atoms with E-state index in [1.165, 1.54) is 5.56 Å². The van der Waals surface area contributed by atoms with Crippen LogP contribution in [-0.2, 0) is 6.42 Å². The van der Waals surface area contributed by atoms with Crippen LogP contribution >= 0.6 is 0 Å². The highest BCUT2D eigenvalue weighted by molar-refractivity contribution is 5.94. The third-order valence-electron chi connectivity index (χ3n) is 4.66. The fraction of sp³-hybridized carbons (Fsp3) is 0.350. The molecule has 0 unspecified atom stereocenters. The van der Waals surface area contributed by atoms with Crippen molar-refractivity contribution in [3.8, 4) is 0 Å². The van der Waals surface area contributed by atoms with Crippen LogP contribution in [-0.4, -0.2) is 36.5 Å². The topological polar surface area (TPSA) is 58.4 Å². The molecular weight excluding hydrogens is 298 g/mol. The molecule has 1 aliphatic heterocycles. The van der Waals surface area contributed by atoms with Crippen molar-refractivity contribution >= 4 is 11.6 Å². The molecule has 4 nitrogen and oxygen atoms in total. The number of carbonyl (C=O) groups is 1. The first-order valence-corrected chi connectivity index (χ1v) is 8.63. The number of hydrogen-bond acceptors (Lipinski definition) is 3. The van der Waals surface area contributed by atoms with E-state index < -0.39 is 0 Å². The zero-order valence-corrected chi connectivity index (χ0v) is 13.9. The molecule has 1 aliphatic rings. The van der Waals surface area contributed by atoms with Crippen LogP contribution in [0.5, 0.6) is 0 Å². The number of carbonyl (C=O) groups excluding carboxylic acids is 1. The third kappa shape index (κ3) is 4.59. The highest BCUT2D eigenvalue weighted by Crippen LogP contribution is 2.13. The minimum absolute atomic E-state index is 0.00210. The Kier molecular flexibility index (Phi) is 5.49. The number of nitrogen functional groups attached to an aromatic ring is 1. The van der Waals surface area contributed by atoms with E-state index in [4.69, 9.17) is 5.73 Å². The van der Waals surface area contributed by atoms with Crippen LogP contribution in [0.15, 0.2) is 54.6 Å². The normalized spacial score (nSPS) is 16.0. The van der Waals surface area contributed by atoms with Gasteiger partial charge in [0.05, 0.1) is 0 Å². The summed E-state index contributed by atoms with van der Waals surface area (Å²) in [7, 11) is 0. The zero-order valence-electron chi connectivity index (χ0n) is 13.9. The zero-order chi connectivity index (χ0) is 16.8. The summed E-state index contributed by atoms with van der Waals surface area (Å²) >= 11 is 0. The first kappa shape index (κ1) is 16.5. The maximum Gasteiger partial charge on any atom is 0.251 e. The maximum atomic E-state index is 12.3. The second-order valence-electron chi connectivity index (χ2n) is 6.45. The highest BCUT2D eigenvalue weighted by Gasteiger charge is 2.20. The molecule has 126 valence electrons. The number of nitrogens with one attached hydrogen (secondary N) is 1. The molecule has 24 heavy (non-hydrogen) atoms. The molecule has 0 radical (unpaired) electrons.